The molecule has 0 aliphatic rings. The lowest BCUT2D eigenvalue weighted by atomic mass is 10.0. The zero-order valence-electron chi connectivity index (χ0n) is 17.0. The molecule has 156 valence electrons. The number of aliphatic carboxylic acids is 1. The molecule has 0 radical (unpaired) electrons. The summed E-state index contributed by atoms with van der Waals surface area (Å²) in [4.78, 5) is 35.7. The topological polar surface area (TPSA) is 127 Å². The van der Waals surface area contributed by atoms with Gasteiger partial charge in [-0.05, 0) is 37.0 Å². The van der Waals surface area contributed by atoms with Gasteiger partial charge in [-0.1, -0.05) is 44.2 Å². The van der Waals surface area contributed by atoms with Gasteiger partial charge in [0.1, 0.15) is 0 Å². The summed E-state index contributed by atoms with van der Waals surface area (Å²) in [5, 5.41) is 24.3. The number of aromatic amines is 1. The number of nitrogens with zero attached hydrogens (tertiary/aromatic N) is 1. The highest BCUT2D eigenvalue weighted by Gasteiger charge is 2.16. The van der Waals surface area contributed by atoms with Crippen LogP contribution in [0.3, 0.4) is 0 Å². The number of benzene rings is 2. The SMILES string of the molecule is Cc1ccc(-c2n[nH]c(=O)c3ccccc23)cc1NC(=O)N[C@@H](CC(C)C)C(=O)[O-]. The third-order valence-corrected chi connectivity index (χ3v) is 4.75. The van der Waals surface area contributed by atoms with Crippen LogP contribution in [-0.2, 0) is 4.79 Å². The van der Waals surface area contributed by atoms with Crippen molar-refractivity contribution in [3.63, 3.8) is 0 Å². The molecule has 3 N–H and O–H groups in total. The summed E-state index contributed by atoms with van der Waals surface area (Å²) in [7, 11) is 0. The molecule has 0 unspecified atom stereocenters. The second-order valence-corrected chi connectivity index (χ2v) is 7.58. The van der Waals surface area contributed by atoms with E-state index in [0.717, 1.165) is 5.56 Å². The van der Waals surface area contributed by atoms with Gasteiger partial charge in [0.05, 0.1) is 23.1 Å². The number of fused-ring (bicyclic) bond motifs is 1. The lowest BCUT2D eigenvalue weighted by Gasteiger charge is -2.22. The Balaban J connectivity index is 1.90. The van der Waals surface area contributed by atoms with Crippen LogP contribution in [0.2, 0.25) is 0 Å². The van der Waals surface area contributed by atoms with E-state index in [1.165, 1.54) is 0 Å². The monoisotopic (exact) mass is 407 g/mol. The van der Waals surface area contributed by atoms with Gasteiger partial charge in [0.15, 0.2) is 0 Å². The van der Waals surface area contributed by atoms with Gasteiger partial charge in [-0.2, -0.15) is 5.10 Å². The number of aryl methyl sites for hydroxylation is 1. The molecule has 3 rings (SSSR count). The van der Waals surface area contributed by atoms with Crippen molar-refractivity contribution in [2.75, 3.05) is 5.32 Å². The first-order chi connectivity index (χ1) is 14.3. The molecule has 8 heteroatoms. The largest absolute Gasteiger partial charge is 0.548 e. The summed E-state index contributed by atoms with van der Waals surface area (Å²) in [6.45, 7) is 5.55. The molecule has 0 saturated heterocycles. The van der Waals surface area contributed by atoms with Crippen LogP contribution in [0.5, 0.6) is 0 Å². The molecule has 0 spiro atoms. The number of hydrogen-bond donors (Lipinski definition) is 3. The fraction of sp³-hybridized carbons (Fsp3) is 0.273. The van der Waals surface area contributed by atoms with Crippen molar-refractivity contribution in [2.24, 2.45) is 5.92 Å². The first kappa shape index (κ1) is 21.0. The maximum absolute atomic E-state index is 12.4. The summed E-state index contributed by atoms with van der Waals surface area (Å²) in [6.07, 6.45) is 0.266. The molecule has 1 heterocycles. The number of hydrogen-bond acceptors (Lipinski definition) is 5. The average molecular weight is 407 g/mol. The number of anilines is 1. The minimum Gasteiger partial charge on any atom is -0.548 e. The molecule has 0 fully saturated rings. The molecule has 0 aliphatic heterocycles. The van der Waals surface area contributed by atoms with E-state index >= 15 is 0 Å². The molecule has 0 bridgehead atoms. The van der Waals surface area contributed by atoms with Crippen molar-refractivity contribution >= 4 is 28.5 Å². The number of H-pyrrole nitrogens is 1. The van der Waals surface area contributed by atoms with Gasteiger partial charge in [0.25, 0.3) is 5.56 Å². The number of carboxylic acids is 1. The second kappa shape index (κ2) is 8.77. The van der Waals surface area contributed by atoms with Crippen LogP contribution in [-0.4, -0.2) is 28.2 Å². The quantitative estimate of drug-likeness (QED) is 0.577. The Bertz CT molecular complexity index is 1150. The van der Waals surface area contributed by atoms with E-state index in [-0.39, 0.29) is 17.9 Å². The average Bonchev–Trinajstić information content (AvgIpc) is 2.69. The predicted octanol–water partition coefficient (Wildman–Crippen LogP) is 2.18. The van der Waals surface area contributed by atoms with Crippen LogP contribution >= 0.6 is 0 Å². The molecule has 2 aromatic carbocycles. The van der Waals surface area contributed by atoms with E-state index < -0.39 is 18.0 Å². The highest BCUT2D eigenvalue weighted by molar-refractivity contribution is 5.96. The van der Waals surface area contributed by atoms with Crippen molar-refractivity contribution in [3.05, 3.63) is 58.4 Å². The molecule has 1 aromatic heterocycles. The highest BCUT2D eigenvalue weighted by atomic mass is 16.4. The lowest BCUT2D eigenvalue weighted by molar-refractivity contribution is -0.308. The van der Waals surface area contributed by atoms with E-state index in [0.29, 0.717) is 27.7 Å². The number of nitrogens with one attached hydrogen (secondary N) is 3. The van der Waals surface area contributed by atoms with E-state index in [9.17, 15) is 19.5 Å². The number of carbonyl (C=O) groups excluding carboxylic acids is 2. The van der Waals surface area contributed by atoms with Crippen molar-refractivity contribution < 1.29 is 14.7 Å². The Morgan fingerprint density at radius 1 is 1.13 bits per heavy atom. The highest BCUT2D eigenvalue weighted by Crippen LogP contribution is 2.28. The van der Waals surface area contributed by atoms with E-state index in [1.54, 1.807) is 18.2 Å². The first-order valence-electron chi connectivity index (χ1n) is 9.63. The molecular weight excluding hydrogens is 384 g/mol. The second-order valence-electron chi connectivity index (χ2n) is 7.58. The number of rotatable bonds is 6. The zero-order chi connectivity index (χ0) is 21.8. The number of urea groups is 1. The van der Waals surface area contributed by atoms with Crippen molar-refractivity contribution in [3.8, 4) is 11.3 Å². The first-order valence-corrected chi connectivity index (χ1v) is 9.63. The minimum atomic E-state index is -1.33. The normalized spacial score (nSPS) is 12.0. The summed E-state index contributed by atoms with van der Waals surface area (Å²) < 4.78 is 0. The van der Waals surface area contributed by atoms with Crippen LogP contribution in [0.4, 0.5) is 10.5 Å². The van der Waals surface area contributed by atoms with Crippen LogP contribution < -0.4 is 21.3 Å². The standard InChI is InChI=1S/C22H24N4O4/c1-12(2)10-18(21(28)29)24-22(30)23-17-11-14(9-8-13(17)3)19-15-6-4-5-7-16(15)20(27)26-25-19/h4-9,11-12,18H,10H2,1-3H3,(H,26,27)(H,28,29)(H2,23,24,30)/p-1/t18-/m0/s1. The fourth-order valence-corrected chi connectivity index (χ4v) is 3.24. The maximum atomic E-state index is 12.4. The van der Waals surface area contributed by atoms with E-state index in [4.69, 9.17) is 0 Å². The van der Waals surface area contributed by atoms with Crippen molar-refractivity contribution in [1.29, 1.82) is 0 Å². The van der Waals surface area contributed by atoms with Gasteiger partial charge in [-0.15, -0.1) is 0 Å². The van der Waals surface area contributed by atoms with Gasteiger partial charge in [0, 0.05) is 16.6 Å². The number of aromatic nitrogens is 2. The molecular formula is C22H23N4O4-. The summed E-state index contributed by atoms with van der Waals surface area (Å²) in [5.74, 6) is -1.24. The third-order valence-electron chi connectivity index (χ3n) is 4.75. The molecule has 8 nitrogen and oxygen atoms in total. The predicted molar refractivity (Wildman–Crippen MR) is 113 cm³/mol. The van der Waals surface area contributed by atoms with Crippen LogP contribution in [0.15, 0.2) is 47.3 Å². The number of carbonyl (C=O) groups is 2. The van der Waals surface area contributed by atoms with Gasteiger partial charge in [-0.3, -0.25) is 4.79 Å². The number of amides is 2. The third kappa shape index (κ3) is 4.65. The molecule has 1 atom stereocenters. The van der Waals surface area contributed by atoms with Gasteiger partial charge >= 0.3 is 6.03 Å². The Morgan fingerprint density at radius 2 is 1.83 bits per heavy atom. The Morgan fingerprint density at radius 3 is 2.50 bits per heavy atom. The maximum Gasteiger partial charge on any atom is 0.319 e. The smallest absolute Gasteiger partial charge is 0.319 e. The van der Waals surface area contributed by atoms with Crippen LogP contribution in [0.1, 0.15) is 25.8 Å². The van der Waals surface area contributed by atoms with Crippen molar-refractivity contribution in [1.82, 2.24) is 15.5 Å². The number of carboxylic acid groups (broad SMARTS) is 1. The van der Waals surface area contributed by atoms with Crippen molar-refractivity contribution in [2.45, 2.75) is 33.2 Å². The van der Waals surface area contributed by atoms with Gasteiger partial charge in [-0.25, -0.2) is 9.89 Å². The van der Waals surface area contributed by atoms with Gasteiger partial charge < -0.3 is 20.5 Å². The summed E-state index contributed by atoms with van der Waals surface area (Å²) >= 11 is 0. The Labute approximate surface area is 173 Å². The van der Waals surface area contributed by atoms with Crippen LogP contribution in [0.25, 0.3) is 22.0 Å². The zero-order valence-corrected chi connectivity index (χ0v) is 17.0. The fourth-order valence-electron chi connectivity index (χ4n) is 3.24. The lowest BCUT2D eigenvalue weighted by Crippen LogP contribution is -2.49. The molecule has 0 aliphatic carbocycles. The minimum absolute atomic E-state index is 0.0813. The van der Waals surface area contributed by atoms with Crippen LogP contribution in [0, 0.1) is 12.8 Å². The Kier molecular flexibility index (Phi) is 6.15. The van der Waals surface area contributed by atoms with E-state index in [2.05, 4.69) is 20.8 Å². The molecule has 2 amide bonds. The van der Waals surface area contributed by atoms with Gasteiger partial charge in [0.2, 0.25) is 0 Å². The summed E-state index contributed by atoms with van der Waals surface area (Å²) in [6, 6.07) is 10.8. The molecule has 3 aromatic rings. The molecule has 0 saturated carbocycles. The summed E-state index contributed by atoms with van der Waals surface area (Å²) in [5.41, 5.74) is 2.28. The Hall–Kier alpha value is -3.68. The van der Waals surface area contributed by atoms with E-state index in [1.807, 2.05) is 45.0 Å². The molecule has 30 heavy (non-hydrogen) atoms.